The minimum atomic E-state index is -0.355. The van der Waals surface area contributed by atoms with E-state index in [1.807, 2.05) is 32.9 Å². The molecule has 0 amide bonds. The Morgan fingerprint density at radius 2 is 2.06 bits per heavy atom. The maximum atomic E-state index is 8.93. The molecule has 0 aliphatic carbocycles. The van der Waals surface area contributed by atoms with Crippen molar-refractivity contribution in [2.24, 2.45) is 0 Å². The monoisotopic (exact) mass is 246 g/mol. The van der Waals surface area contributed by atoms with E-state index >= 15 is 0 Å². The van der Waals surface area contributed by atoms with Crippen LogP contribution in [-0.4, -0.2) is 24.5 Å². The molecule has 0 N–H and O–H groups in total. The highest BCUT2D eigenvalue weighted by atomic mass is 16.7. The maximum Gasteiger partial charge on any atom is 0.177 e. The highest BCUT2D eigenvalue weighted by Crippen LogP contribution is 2.09. The molecule has 0 atom stereocenters. The van der Waals surface area contributed by atoms with Crippen LogP contribution in [0.5, 0.6) is 0 Å². The third kappa shape index (κ3) is 4.28. The highest BCUT2D eigenvalue weighted by Gasteiger charge is 2.03. The van der Waals surface area contributed by atoms with Crippen molar-refractivity contribution in [3.05, 3.63) is 35.2 Å². The fraction of sp³-hybridized carbons (Fsp3) is 0.429. The van der Waals surface area contributed by atoms with Crippen molar-refractivity contribution in [1.82, 2.24) is 4.98 Å². The van der Waals surface area contributed by atoms with Crippen LogP contribution in [0.25, 0.3) is 6.08 Å². The van der Waals surface area contributed by atoms with Gasteiger partial charge in [0.1, 0.15) is 6.07 Å². The molecule has 0 saturated heterocycles. The van der Waals surface area contributed by atoms with Gasteiger partial charge in [-0.15, -0.1) is 0 Å². The lowest BCUT2D eigenvalue weighted by Crippen LogP contribution is -2.13. The van der Waals surface area contributed by atoms with Crippen molar-refractivity contribution >= 4 is 6.08 Å². The molecule has 0 fully saturated rings. The van der Waals surface area contributed by atoms with Crippen molar-refractivity contribution in [3.8, 4) is 6.07 Å². The molecule has 0 aromatic carbocycles. The van der Waals surface area contributed by atoms with Crippen LogP contribution >= 0.6 is 0 Å². The second kappa shape index (κ2) is 7.59. The molecular formula is C14H18N2O2. The zero-order chi connectivity index (χ0) is 13.4. The second-order valence-electron chi connectivity index (χ2n) is 3.65. The van der Waals surface area contributed by atoms with E-state index in [2.05, 4.69) is 11.1 Å². The van der Waals surface area contributed by atoms with E-state index in [1.165, 1.54) is 0 Å². The van der Waals surface area contributed by atoms with E-state index in [0.29, 0.717) is 18.8 Å². The molecule has 1 aromatic heterocycles. The molecular weight excluding hydrogens is 228 g/mol. The Morgan fingerprint density at radius 3 is 2.61 bits per heavy atom. The Morgan fingerprint density at radius 1 is 1.39 bits per heavy atom. The molecule has 96 valence electrons. The summed E-state index contributed by atoms with van der Waals surface area (Å²) in [5, 5.41) is 8.93. The summed E-state index contributed by atoms with van der Waals surface area (Å²) in [7, 11) is 0. The van der Waals surface area contributed by atoms with Gasteiger partial charge in [-0.3, -0.25) is 4.98 Å². The number of rotatable bonds is 6. The maximum absolute atomic E-state index is 8.93. The van der Waals surface area contributed by atoms with Crippen LogP contribution in [0.2, 0.25) is 0 Å². The molecule has 0 aliphatic heterocycles. The van der Waals surface area contributed by atoms with Gasteiger partial charge in [-0.2, -0.15) is 5.26 Å². The molecule has 0 unspecified atom stereocenters. The van der Waals surface area contributed by atoms with Gasteiger partial charge in [0.05, 0.1) is 11.3 Å². The summed E-state index contributed by atoms with van der Waals surface area (Å²) >= 11 is 0. The lowest BCUT2D eigenvalue weighted by molar-refractivity contribution is -0.103. The van der Waals surface area contributed by atoms with Crippen LogP contribution < -0.4 is 0 Å². The van der Waals surface area contributed by atoms with Crippen LogP contribution in [-0.2, 0) is 9.47 Å². The molecule has 0 aliphatic rings. The van der Waals surface area contributed by atoms with Gasteiger partial charge in [0, 0.05) is 19.4 Å². The van der Waals surface area contributed by atoms with Gasteiger partial charge in [-0.25, -0.2) is 0 Å². The lowest BCUT2D eigenvalue weighted by atomic mass is 10.1. The van der Waals surface area contributed by atoms with Crippen molar-refractivity contribution in [2.45, 2.75) is 27.1 Å². The standard InChI is InChI=1S/C14H18N2O2/c1-4-17-14(18-5-2)7-6-12-8-13(9-15)11(3)16-10-12/h6-8,10,14H,4-5H2,1-3H3. The number of hydrogen-bond donors (Lipinski definition) is 0. The summed E-state index contributed by atoms with van der Waals surface area (Å²) in [5.74, 6) is 0. The quantitative estimate of drug-likeness (QED) is 0.724. The third-order valence-corrected chi connectivity index (χ3v) is 2.34. The fourth-order valence-corrected chi connectivity index (χ4v) is 1.43. The first-order valence-electron chi connectivity index (χ1n) is 5.99. The van der Waals surface area contributed by atoms with Crippen LogP contribution in [0.3, 0.4) is 0 Å². The SMILES string of the molecule is CCOC(C=Cc1cnc(C)c(C#N)c1)OCC. The molecule has 4 nitrogen and oxygen atoms in total. The van der Waals surface area contributed by atoms with Gasteiger partial charge < -0.3 is 9.47 Å². The van der Waals surface area contributed by atoms with E-state index < -0.39 is 0 Å². The molecule has 0 bridgehead atoms. The van der Waals surface area contributed by atoms with E-state index in [0.717, 1.165) is 11.3 Å². The van der Waals surface area contributed by atoms with Gasteiger partial charge in [-0.05, 0) is 38.5 Å². The molecule has 4 heteroatoms. The Bertz CT molecular complexity index is 444. The predicted molar refractivity (Wildman–Crippen MR) is 69.8 cm³/mol. The fourth-order valence-electron chi connectivity index (χ4n) is 1.43. The van der Waals surface area contributed by atoms with Gasteiger partial charge in [-0.1, -0.05) is 6.08 Å². The van der Waals surface area contributed by atoms with Crippen LogP contribution in [0, 0.1) is 18.3 Å². The number of nitrogens with zero attached hydrogens (tertiary/aromatic N) is 2. The Labute approximate surface area is 108 Å². The normalized spacial score (nSPS) is 11.1. The van der Waals surface area contributed by atoms with Crippen LogP contribution in [0.1, 0.15) is 30.7 Å². The van der Waals surface area contributed by atoms with Gasteiger partial charge >= 0.3 is 0 Å². The van der Waals surface area contributed by atoms with Crippen LogP contribution in [0.4, 0.5) is 0 Å². The first-order valence-corrected chi connectivity index (χ1v) is 5.99. The summed E-state index contributed by atoms with van der Waals surface area (Å²) in [4.78, 5) is 4.16. The van der Waals surface area contributed by atoms with Crippen molar-refractivity contribution in [3.63, 3.8) is 0 Å². The summed E-state index contributed by atoms with van der Waals surface area (Å²) in [6.07, 6.45) is 5.04. The lowest BCUT2D eigenvalue weighted by Gasteiger charge is -2.12. The summed E-state index contributed by atoms with van der Waals surface area (Å²) in [5.41, 5.74) is 2.18. The first kappa shape index (κ1) is 14.4. The number of ether oxygens (including phenoxy) is 2. The molecule has 0 spiro atoms. The average Bonchev–Trinajstić information content (AvgIpc) is 2.38. The number of pyridine rings is 1. The van der Waals surface area contributed by atoms with E-state index in [1.54, 1.807) is 12.3 Å². The zero-order valence-corrected chi connectivity index (χ0v) is 11.0. The molecule has 0 saturated carbocycles. The molecule has 0 radical (unpaired) electrons. The Balaban J connectivity index is 2.79. The minimum Gasteiger partial charge on any atom is -0.349 e. The topological polar surface area (TPSA) is 55.1 Å². The molecule has 1 rings (SSSR count). The van der Waals surface area contributed by atoms with E-state index in [9.17, 15) is 0 Å². The number of nitriles is 1. The van der Waals surface area contributed by atoms with Gasteiger partial charge in [0.25, 0.3) is 0 Å². The Kier molecular flexibility index (Phi) is 6.06. The summed E-state index contributed by atoms with van der Waals surface area (Å²) < 4.78 is 10.8. The number of aryl methyl sites for hydroxylation is 1. The molecule has 1 aromatic rings. The van der Waals surface area contributed by atoms with Crippen molar-refractivity contribution in [2.75, 3.05) is 13.2 Å². The van der Waals surface area contributed by atoms with E-state index in [4.69, 9.17) is 14.7 Å². The number of aromatic nitrogens is 1. The van der Waals surface area contributed by atoms with Gasteiger partial charge in [0.15, 0.2) is 6.29 Å². The second-order valence-corrected chi connectivity index (χ2v) is 3.65. The average molecular weight is 246 g/mol. The smallest absolute Gasteiger partial charge is 0.177 e. The first-order chi connectivity index (χ1) is 8.71. The predicted octanol–water partition coefficient (Wildman–Crippen LogP) is 2.67. The number of hydrogen-bond acceptors (Lipinski definition) is 4. The van der Waals surface area contributed by atoms with E-state index in [-0.39, 0.29) is 6.29 Å². The van der Waals surface area contributed by atoms with Crippen molar-refractivity contribution < 1.29 is 9.47 Å². The Hall–Kier alpha value is -1.70. The van der Waals surface area contributed by atoms with Crippen LogP contribution in [0.15, 0.2) is 18.3 Å². The zero-order valence-electron chi connectivity index (χ0n) is 11.0. The highest BCUT2D eigenvalue weighted by molar-refractivity contribution is 5.52. The molecule has 1 heterocycles. The summed E-state index contributed by atoms with van der Waals surface area (Å²) in [6.45, 7) is 6.83. The summed E-state index contributed by atoms with van der Waals surface area (Å²) in [6, 6.07) is 3.91. The third-order valence-electron chi connectivity index (χ3n) is 2.34. The van der Waals surface area contributed by atoms with Gasteiger partial charge in [0.2, 0.25) is 0 Å². The molecule has 18 heavy (non-hydrogen) atoms. The van der Waals surface area contributed by atoms with Crippen molar-refractivity contribution in [1.29, 1.82) is 5.26 Å². The minimum absolute atomic E-state index is 0.355. The largest absolute Gasteiger partial charge is 0.349 e.